The average molecular weight is 512 g/mol. The van der Waals surface area contributed by atoms with E-state index in [0.717, 1.165) is 16.7 Å². The van der Waals surface area contributed by atoms with E-state index >= 15 is 0 Å². The number of phenolic OH excluding ortho intramolecular Hbond substituents is 1. The molecule has 4 heterocycles. The number of anilines is 1. The van der Waals surface area contributed by atoms with Crippen LogP contribution in [-0.4, -0.2) is 40.6 Å². The molecule has 192 valence electrons. The van der Waals surface area contributed by atoms with Crippen LogP contribution >= 0.6 is 0 Å². The summed E-state index contributed by atoms with van der Waals surface area (Å²) in [6.45, 7) is 2.14. The quantitative estimate of drug-likeness (QED) is 0.461. The van der Waals surface area contributed by atoms with Crippen molar-refractivity contribution in [2.75, 3.05) is 12.1 Å². The van der Waals surface area contributed by atoms with Crippen LogP contribution in [0.5, 0.6) is 17.2 Å². The van der Waals surface area contributed by atoms with E-state index in [0.29, 0.717) is 29.2 Å². The summed E-state index contributed by atoms with van der Waals surface area (Å²) >= 11 is 0. The zero-order valence-corrected chi connectivity index (χ0v) is 20.6. The number of carbonyl (C=O) groups is 3. The lowest BCUT2D eigenvalue weighted by molar-refractivity contribution is -0.143. The first-order valence-corrected chi connectivity index (χ1v) is 12.6. The Bertz CT molecular complexity index is 1520. The fraction of sp³-hybridized carbons (Fsp3) is 0.276. The van der Waals surface area contributed by atoms with Gasteiger partial charge in [0.2, 0.25) is 24.5 Å². The van der Waals surface area contributed by atoms with E-state index in [4.69, 9.17) is 9.47 Å². The molecule has 0 aliphatic carbocycles. The third kappa shape index (κ3) is 3.18. The maximum atomic E-state index is 14.1. The van der Waals surface area contributed by atoms with E-state index in [1.807, 2.05) is 31.2 Å². The Hall–Kier alpha value is -4.37. The summed E-state index contributed by atoms with van der Waals surface area (Å²) in [7, 11) is 0. The number of hydrogen-bond donors (Lipinski definition) is 3. The molecule has 0 aromatic heterocycles. The molecule has 7 rings (SSSR count). The van der Waals surface area contributed by atoms with Crippen LogP contribution in [0.3, 0.4) is 0 Å². The average Bonchev–Trinajstić information content (AvgIpc) is 3.63. The zero-order chi connectivity index (χ0) is 26.2. The molecule has 4 atom stereocenters. The third-order valence-corrected chi connectivity index (χ3v) is 8.13. The molecule has 0 saturated carbocycles. The summed E-state index contributed by atoms with van der Waals surface area (Å²) in [6, 6.07) is 17.3. The van der Waals surface area contributed by atoms with Crippen molar-refractivity contribution in [2.45, 2.75) is 31.5 Å². The number of hydrogen-bond acceptors (Lipinski definition) is 7. The highest BCUT2D eigenvalue weighted by Crippen LogP contribution is 2.53. The molecule has 0 bridgehead atoms. The predicted octanol–water partition coefficient (Wildman–Crippen LogP) is 2.59. The Morgan fingerprint density at radius 3 is 2.53 bits per heavy atom. The number of likely N-dealkylation sites (tertiary alicyclic amines) is 1. The van der Waals surface area contributed by atoms with Gasteiger partial charge in [0, 0.05) is 17.3 Å². The van der Waals surface area contributed by atoms with Crippen molar-refractivity contribution in [1.29, 1.82) is 0 Å². The zero-order valence-electron chi connectivity index (χ0n) is 20.6. The first kappa shape index (κ1) is 22.8. The number of aromatic hydroxyl groups is 1. The molecule has 3 aromatic carbocycles. The Morgan fingerprint density at radius 1 is 0.947 bits per heavy atom. The van der Waals surface area contributed by atoms with Crippen LogP contribution in [0.1, 0.15) is 22.3 Å². The van der Waals surface area contributed by atoms with Gasteiger partial charge < -0.3 is 19.9 Å². The molecule has 3 amide bonds. The normalized spacial score (nSPS) is 26.7. The molecule has 2 saturated heterocycles. The highest BCUT2D eigenvalue weighted by atomic mass is 16.7. The summed E-state index contributed by atoms with van der Waals surface area (Å²) < 4.78 is 10.9. The molecule has 4 aliphatic heterocycles. The van der Waals surface area contributed by atoms with Gasteiger partial charge in [-0.3, -0.25) is 24.6 Å². The molecule has 38 heavy (non-hydrogen) atoms. The second kappa shape index (κ2) is 8.06. The maximum Gasteiger partial charge on any atom is 0.250 e. The molecule has 4 aliphatic rings. The summed E-state index contributed by atoms with van der Waals surface area (Å²) in [5.74, 6) is -1.29. The van der Waals surface area contributed by atoms with Crippen molar-refractivity contribution >= 4 is 23.4 Å². The van der Waals surface area contributed by atoms with Crippen molar-refractivity contribution in [1.82, 2.24) is 10.2 Å². The summed E-state index contributed by atoms with van der Waals surface area (Å²) in [6.07, 6.45) is 0.411. The van der Waals surface area contributed by atoms with Gasteiger partial charge in [0.1, 0.15) is 11.3 Å². The number of aryl methyl sites for hydroxylation is 1. The molecular weight excluding hydrogens is 486 g/mol. The molecule has 2 fully saturated rings. The molecule has 1 spiro atoms. The van der Waals surface area contributed by atoms with Crippen LogP contribution < -0.4 is 20.1 Å². The monoisotopic (exact) mass is 511 g/mol. The number of phenols is 1. The Balaban J connectivity index is 1.30. The molecule has 0 unspecified atom stereocenters. The number of fused-ring (bicyclic) bond motifs is 5. The number of carbonyl (C=O) groups excluding carboxylic acids is 3. The predicted molar refractivity (Wildman–Crippen MR) is 135 cm³/mol. The van der Waals surface area contributed by atoms with E-state index < -0.39 is 23.4 Å². The fourth-order valence-corrected chi connectivity index (χ4v) is 6.41. The minimum atomic E-state index is -1.36. The van der Waals surface area contributed by atoms with Gasteiger partial charge in [0.15, 0.2) is 11.5 Å². The lowest BCUT2D eigenvalue weighted by Gasteiger charge is -2.29. The van der Waals surface area contributed by atoms with Gasteiger partial charge >= 0.3 is 0 Å². The van der Waals surface area contributed by atoms with Gasteiger partial charge in [-0.1, -0.05) is 35.9 Å². The number of ether oxygens (including phenoxy) is 2. The Labute approximate surface area is 218 Å². The van der Waals surface area contributed by atoms with Gasteiger partial charge in [0.25, 0.3) is 0 Å². The van der Waals surface area contributed by atoms with Gasteiger partial charge in [-0.25, -0.2) is 0 Å². The summed E-state index contributed by atoms with van der Waals surface area (Å²) in [5.41, 5.74) is 2.55. The molecule has 9 nitrogen and oxygen atoms in total. The summed E-state index contributed by atoms with van der Waals surface area (Å²) in [5, 5.41) is 16.1. The van der Waals surface area contributed by atoms with Gasteiger partial charge in [-0.05, 0) is 54.8 Å². The number of nitrogens with zero attached hydrogens (tertiary/aromatic N) is 1. The van der Waals surface area contributed by atoms with Crippen LogP contribution in [-0.2, 0) is 32.9 Å². The topological polar surface area (TPSA) is 117 Å². The minimum Gasteiger partial charge on any atom is -0.508 e. The second-order valence-electron chi connectivity index (χ2n) is 10.4. The van der Waals surface area contributed by atoms with Crippen molar-refractivity contribution in [3.8, 4) is 17.2 Å². The lowest BCUT2D eigenvalue weighted by Crippen LogP contribution is -2.53. The standard InChI is InChI=1S/C29H25N3O6/c1-15-2-8-20-19(10-15)29(28(36)30-20)25-24(21(31-29)11-16-3-6-18(33)7-4-16)26(34)32(27(25)35)13-17-5-9-22-23(12-17)38-14-37-22/h2-10,12,21,24-25,31,33H,11,13-14H2,1H3,(H,30,36)/t21-,24+,25+,29-/m0/s1. The van der Waals surface area contributed by atoms with Crippen molar-refractivity contribution in [2.24, 2.45) is 11.8 Å². The Kier molecular flexibility index (Phi) is 4.84. The van der Waals surface area contributed by atoms with Crippen LogP contribution in [0.25, 0.3) is 0 Å². The van der Waals surface area contributed by atoms with Crippen molar-refractivity contribution in [3.63, 3.8) is 0 Å². The second-order valence-corrected chi connectivity index (χ2v) is 10.4. The third-order valence-electron chi connectivity index (χ3n) is 8.13. The molecule has 9 heteroatoms. The number of nitrogens with one attached hydrogen (secondary N) is 2. The Morgan fingerprint density at radius 2 is 1.71 bits per heavy atom. The maximum absolute atomic E-state index is 14.1. The van der Waals surface area contributed by atoms with Gasteiger partial charge in [-0.15, -0.1) is 0 Å². The highest BCUT2D eigenvalue weighted by molar-refractivity contribution is 6.15. The molecule has 0 radical (unpaired) electrons. The molecular formula is C29H25N3O6. The van der Waals surface area contributed by atoms with Crippen LogP contribution in [0, 0.1) is 18.8 Å². The van der Waals surface area contributed by atoms with Crippen molar-refractivity contribution < 1.29 is 29.0 Å². The molecule has 3 aromatic rings. The smallest absolute Gasteiger partial charge is 0.250 e. The molecule has 3 N–H and O–H groups in total. The van der Waals surface area contributed by atoms with E-state index in [-0.39, 0.29) is 36.8 Å². The lowest BCUT2D eigenvalue weighted by atomic mass is 9.76. The van der Waals surface area contributed by atoms with Crippen LogP contribution in [0.4, 0.5) is 5.69 Å². The first-order chi connectivity index (χ1) is 18.3. The van der Waals surface area contributed by atoms with E-state index in [1.54, 1.807) is 36.4 Å². The SMILES string of the molecule is Cc1ccc2c(c1)[C@@]1(N[C@@H](Cc3ccc(O)cc3)[C@H]3C(=O)N(Cc4ccc5c(c4)OCO5)C(=O)[C@@H]31)C(=O)N2. The first-order valence-electron chi connectivity index (χ1n) is 12.6. The fourth-order valence-electron chi connectivity index (χ4n) is 6.41. The number of amides is 3. The summed E-state index contributed by atoms with van der Waals surface area (Å²) in [4.78, 5) is 43.0. The number of rotatable bonds is 4. The van der Waals surface area contributed by atoms with E-state index in [2.05, 4.69) is 10.6 Å². The van der Waals surface area contributed by atoms with Gasteiger partial charge in [-0.2, -0.15) is 0 Å². The minimum absolute atomic E-state index is 0.0750. The van der Waals surface area contributed by atoms with Gasteiger partial charge in [0.05, 0.1) is 18.4 Å². The van der Waals surface area contributed by atoms with E-state index in [1.165, 1.54) is 4.90 Å². The number of imide groups is 1. The van der Waals surface area contributed by atoms with Crippen LogP contribution in [0.15, 0.2) is 60.7 Å². The highest BCUT2D eigenvalue weighted by Gasteiger charge is 2.70. The van der Waals surface area contributed by atoms with Crippen molar-refractivity contribution in [3.05, 3.63) is 82.9 Å². The largest absolute Gasteiger partial charge is 0.508 e. The number of benzene rings is 3. The van der Waals surface area contributed by atoms with E-state index in [9.17, 15) is 19.5 Å². The van der Waals surface area contributed by atoms with Crippen LogP contribution in [0.2, 0.25) is 0 Å².